The van der Waals surface area contributed by atoms with Gasteiger partial charge in [-0.3, -0.25) is 9.78 Å². The van der Waals surface area contributed by atoms with Crippen molar-refractivity contribution in [3.63, 3.8) is 0 Å². The standard InChI is InChI=1S/C25H14N.C5H8O2.Ir/c1-2-7-17-14-18(13-12-16(17)6-1)24-15-22-20-9-4-3-8-19(20)21-10-5-11-23(26-24)25(21)22;1-4(6)3-5(2)7;/h1-13,15H;3,6H,1-2H3;/q-1;;/b;4-3-;. The van der Waals surface area contributed by atoms with Crippen LogP contribution in [-0.2, 0) is 24.9 Å². The fourth-order valence-corrected chi connectivity index (χ4v) is 4.37. The number of hydrogen-bond donors (Lipinski definition) is 1. The second-order valence-electron chi connectivity index (χ2n) is 8.16. The van der Waals surface area contributed by atoms with Gasteiger partial charge in [0.25, 0.3) is 0 Å². The third-order valence-corrected chi connectivity index (χ3v) is 5.69. The number of carbonyl (C=O) groups is 1. The molecule has 1 aliphatic rings. The van der Waals surface area contributed by atoms with Crippen LogP contribution in [0, 0.1) is 6.07 Å². The van der Waals surface area contributed by atoms with E-state index in [0.717, 1.165) is 22.2 Å². The van der Waals surface area contributed by atoms with Crippen LogP contribution in [0.5, 0.6) is 0 Å². The van der Waals surface area contributed by atoms with Crippen molar-refractivity contribution in [1.82, 2.24) is 4.98 Å². The molecule has 0 fully saturated rings. The Morgan fingerprint density at radius 1 is 0.824 bits per heavy atom. The number of rotatable bonds is 2. The van der Waals surface area contributed by atoms with Crippen molar-refractivity contribution in [1.29, 1.82) is 0 Å². The molecule has 0 bridgehead atoms. The van der Waals surface area contributed by atoms with Crippen molar-refractivity contribution in [2.45, 2.75) is 13.8 Å². The average molecular weight is 621 g/mol. The summed E-state index contributed by atoms with van der Waals surface area (Å²) in [5.74, 6) is -0.0625. The zero-order chi connectivity index (χ0) is 22.9. The molecule has 0 atom stereocenters. The fourth-order valence-electron chi connectivity index (χ4n) is 4.37. The Kier molecular flexibility index (Phi) is 6.74. The van der Waals surface area contributed by atoms with Crippen LogP contribution in [0.4, 0.5) is 0 Å². The Morgan fingerprint density at radius 2 is 1.50 bits per heavy atom. The van der Waals surface area contributed by atoms with Crippen LogP contribution < -0.4 is 0 Å². The van der Waals surface area contributed by atoms with Gasteiger partial charge in [-0.05, 0) is 42.2 Å². The van der Waals surface area contributed by atoms with Gasteiger partial charge in [-0.15, -0.1) is 29.7 Å². The smallest absolute Gasteiger partial charge is 0.155 e. The monoisotopic (exact) mass is 621 g/mol. The Labute approximate surface area is 212 Å². The van der Waals surface area contributed by atoms with Gasteiger partial charge in [0.1, 0.15) is 0 Å². The maximum Gasteiger partial charge on any atom is 0.155 e. The first-order valence-corrected chi connectivity index (χ1v) is 10.8. The summed E-state index contributed by atoms with van der Waals surface area (Å²) in [5.41, 5.74) is 8.22. The first-order chi connectivity index (χ1) is 16.0. The molecule has 1 aromatic heterocycles. The molecule has 34 heavy (non-hydrogen) atoms. The molecule has 0 spiro atoms. The molecule has 0 aliphatic heterocycles. The number of fused-ring (bicyclic) bond motifs is 4. The number of allylic oxidation sites excluding steroid dienone is 2. The van der Waals surface area contributed by atoms with Gasteiger partial charge in [0.05, 0.1) is 11.3 Å². The number of ketones is 1. The molecule has 5 aromatic rings. The molecule has 1 heterocycles. The number of pyridine rings is 1. The molecule has 3 nitrogen and oxygen atoms in total. The summed E-state index contributed by atoms with van der Waals surface area (Å²) in [6, 6.07) is 33.4. The van der Waals surface area contributed by atoms with E-state index in [4.69, 9.17) is 10.1 Å². The molecule has 6 rings (SSSR count). The van der Waals surface area contributed by atoms with E-state index in [1.165, 1.54) is 52.9 Å². The van der Waals surface area contributed by atoms with Gasteiger partial charge in [0.15, 0.2) is 5.78 Å². The number of aliphatic hydroxyl groups is 1. The third-order valence-electron chi connectivity index (χ3n) is 5.69. The van der Waals surface area contributed by atoms with Crippen LogP contribution >= 0.6 is 0 Å². The van der Waals surface area contributed by atoms with E-state index in [9.17, 15) is 4.79 Å². The molecular formula is C30H22IrNO2-. The van der Waals surface area contributed by atoms with Gasteiger partial charge in [-0.25, -0.2) is 0 Å². The van der Waals surface area contributed by atoms with Gasteiger partial charge in [-0.2, -0.15) is 0 Å². The van der Waals surface area contributed by atoms with E-state index in [0.29, 0.717) is 0 Å². The molecule has 169 valence electrons. The molecule has 0 saturated carbocycles. The van der Waals surface area contributed by atoms with Gasteiger partial charge in [0, 0.05) is 37.3 Å². The molecule has 4 heteroatoms. The summed E-state index contributed by atoms with van der Waals surface area (Å²) in [6.45, 7) is 2.85. The predicted molar refractivity (Wildman–Crippen MR) is 135 cm³/mol. The fraction of sp³-hybridized carbons (Fsp3) is 0.0667. The van der Waals surface area contributed by atoms with Crippen LogP contribution in [0.1, 0.15) is 13.8 Å². The van der Waals surface area contributed by atoms with Crippen LogP contribution in [0.2, 0.25) is 0 Å². The van der Waals surface area contributed by atoms with Gasteiger partial charge in [-0.1, -0.05) is 71.6 Å². The third kappa shape index (κ3) is 4.43. The normalized spacial score (nSPS) is 11.4. The summed E-state index contributed by atoms with van der Waals surface area (Å²) >= 11 is 0. The molecular weight excluding hydrogens is 599 g/mol. The largest absolute Gasteiger partial charge is 0.512 e. The number of aromatic nitrogens is 1. The van der Waals surface area contributed by atoms with Gasteiger partial charge >= 0.3 is 0 Å². The van der Waals surface area contributed by atoms with E-state index in [-0.39, 0.29) is 31.6 Å². The molecule has 1 aliphatic carbocycles. The van der Waals surface area contributed by atoms with Gasteiger partial charge in [0.2, 0.25) is 0 Å². The maximum absolute atomic E-state index is 10.0. The quantitative estimate of drug-likeness (QED) is 0.124. The molecule has 4 aromatic carbocycles. The van der Waals surface area contributed by atoms with E-state index in [1.807, 2.05) is 0 Å². The number of nitrogens with zero attached hydrogens (tertiary/aromatic N) is 1. The van der Waals surface area contributed by atoms with E-state index in [1.54, 1.807) is 0 Å². The molecule has 0 unspecified atom stereocenters. The average Bonchev–Trinajstić information content (AvgIpc) is 3.14. The Hall–Kier alpha value is -3.59. The zero-order valence-corrected chi connectivity index (χ0v) is 21.2. The minimum Gasteiger partial charge on any atom is -0.512 e. The van der Waals surface area contributed by atoms with E-state index < -0.39 is 0 Å². The van der Waals surface area contributed by atoms with Crippen molar-refractivity contribution in [3.8, 4) is 33.5 Å². The zero-order valence-electron chi connectivity index (χ0n) is 18.8. The molecule has 1 radical (unpaired) electrons. The van der Waals surface area contributed by atoms with Crippen LogP contribution in [0.25, 0.3) is 55.2 Å². The molecule has 0 saturated heterocycles. The number of carbonyl (C=O) groups excluding carboxylic acids is 1. The summed E-state index contributed by atoms with van der Waals surface area (Å²) in [4.78, 5) is 15.0. The first kappa shape index (κ1) is 23.6. The number of benzene rings is 4. The number of hydrogen-bond acceptors (Lipinski definition) is 3. The topological polar surface area (TPSA) is 50.2 Å². The molecule has 0 amide bonds. The van der Waals surface area contributed by atoms with E-state index in [2.05, 4.69) is 91.0 Å². The Morgan fingerprint density at radius 3 is 2.21 bits per heavy atom. The minimum atomic E-state index is -0.125. The predicted octanol–water partition coefficient (Wildman–Crippen LogP) is 7.54. The van der Waals surface area contributed by atoms with Crippen LogP contribution in [0.15, 0.2) is 96.8 Å². The van der Waals surface area contributed by atoms with Crippen molar-refractivity contribution in [3.05, 3.63) is 103 Å². The SMILES string of the molecule is CC(=O)/C=C(/C)O.[Ir].[c-]1c(-c2cc3c4c(cccc4n2)-c2ccccc2-3)ccc2ccccc12. The minimum absolute atomic E-state index is 0. The second kappa shape index (κ2) is 9.72. The van der Waals surface area contributed by atoms with E-state index >= 15 is 0 Å². The Bertz CT molecular complexity index is 1570. The first-order valence-electron chi connectivity index (χ1n) is 10.8. The van der Waals surface area contributed by atoms with Crippen LogP contribution in [-0.4, -0.2) is 15.9 Å². The number of aliphatic hydroxyl groups excluding tert-OH is 1. The van der Waals surface area contributed by atoms with Crippen molar-refractivity contribution in [2.24, 2.45) is 0 Å². The summed E-state index contributed by atoms with van der Waals surface area (Å²) < 4.78 is 0. The van der Waals surface area contributed by atoms with Crippen molar-refractivity contribution < 1.29 is 30.0 Å². The van der Waals surface area contributed by atoms with Crippen molar-refractivity contribution in [2.75, 3.05) is 0 Å². The van der Waals surface area contributed by atoms with Crippen molar-refractivity contribution >= 4 is 27.5 Å². The summed E-state index contributed by atoms with van der Waals surface area (Å²) in [5, 5.41) is 12.0. The Balaban J connectivity index is 0.000000303. The summed E-state index contributed by atoms with van der Waals surface area (Å²) in [6.07, 6.45) is 1.17. The maximum atomic E-state index is 10.0. The second-order valence-corrected chi connectivity index (χ2v) is 8.16. The molecule has 1 N–H and O–H groups in total. The van der Waals surface area contributed by atoms with Gasteiger partial charge < -0.3 is 5.11 Å². The summed E-state index contributed by atoms with van der Waals surface area (Å²) in [7, 11) is 0. The van der Waals surface area contributed by atoms with Crippen LogP contribution in [0.3, 0.4) is 0 Å².